The zero-order valence-electron chi connectivity index (χ0n) is 16.9. The van der Waals surface area contributed by atoms with E-state index in [9.17, 15) is 9.59 Å². The van der Waals surface area contributed by atoms with E-state index in [1.54, 1.807) is 24.0 Å². The highest BCUT2D eigenvalue weighted by Gasteiger charge is 2.38. The number of benzene rings is 2. The molecule has 1 aliphatic heterocycles. The minimum absolute atomic E-state index is 0.238. The maximum Gasteiger partial charge on any atom is 0.338 e. The molecule has 0 unspecified atom stereocenters. The number of hydrogen-bond acceptors (Lipinski definition) is 4. The van der Waals surface area contributed by atoms with Crippen molar-refractivity contribution in [2.75, 3.05) is 18.9 Å². The van der Waals surface area contributed by atoms with E-state index in [1.165, 1.54) is 0 Å². The summed E-state index contributed by atoms with van der Waals surface area (Å²) in [5.41, 5.74) is 9.08. The highest BCUT2D eigenvalue weighted by Crippen LogP contribution is 2.37. The number of rotatable bonds is 7. The summed E-state index contributed by atoms with van der Waals surface area (Å²) >= 11 is 0. The molecule has 1 atom stereocenters. The van der Waals surface area contributed by atoms with Crippen LogP contribution in [0.1, 0.15) is 43.9 Å². The van der Waals surface area contributed by atoms with Crippen molar-refractivity contribution in [3.05, 3.63) is 71.3 Å². The summed E-state index contributed by atoms with van der Waals surface area (Å²) in [7, 11) is 0. The number of carbonyl (C=O) groups excluding carboxylic acids is 2. The minimum Gasteiger partial charge on any atom is -0.463 e. The molecular weight excluding hydrogens is 366 g/mol. The summed E-state index contributed by atoms with van der Waals surface area (Å²) in [5.74, 6) is -0.444. The molecule has 152 valence electrons. The molecule has 1 aliphatic rings. The van der Waals surface area contributed by atoms with E-state index in [1.807, 2.05) is 42.5 Å². The number of ether oxygens (including phenoxy) is 1. The number of nitrogens with one attached hydrogen (secondary N) is 1. The fraction of sp³-hybridized carbons (Fsp3) is 0.304. The molecule has 2 amide bonds. The summed E-state index contributed by atoms with van der Waals surface area (Å²) in [4.78, 5) is 27.8. The summed E-state index contributed by atoms with van der Waals surface area (Å²) in [5, 5.41) is 2.98. The number of nitrogen functional groups attached to an aromatic ring is 1. The van der Waals surface area contributed by atoms with Gasteiger partial charge in [-0.15, -0.1) is 0 Å². The topological polar surface area (TPSA) is 84.7 Å². The molecule has 0 bridgehead atoms. The molecule has 0 fully saturated rings. The van der Waals surface area contributed by atoms with Crippen LogP contribution >= 0.6 is 0 Å². The number of anilines is 1. The zero-order valence-corrected chi connectivity index (χ0v) is 16.9. The van der Waals surface area contributed by atoms with Gasteiger partial charge in [0, 0.05) is 12.2 Å². The molecule has 29 heavy (non-hydrogen) atoms. The van der Waals surface area contributed by atoms with E-state index in [2.05, 4.69) is 12.2 Å². The number of nitrogens with two attached hydrogens (primary N) is 1. The quantitative estimate of drug-likeness (QED) is 0.548. The smallest absolute Gasteiger partial charge is 0.338 e. The summed E-state index contributed by atoms with van der Waals surface area (Å²) in [6, 6.07) is 15.8. The molecule has 0 radical (unpaired) electrons. The van der Waals surface area contributed by atoms with Gasteiger partial charge < -0.3 is 15.8 Å². The third-order valence-corrected chi connectivity index (χ3v) is 4.85. The van der Waals surface area contributed by atoms with Crippen molar-refractivity contribution in [2.45, 2.75) is 32.7 Å². The van der Waals surface area contributed by atoms with E-state index in [4.69, 9.17) is 10.5 Å². The SMILES string of the molecule is CCCCN1C(=O)N[C@@H](c2cccc(N)c2)C(C(=O)OCC)=C1c1ccccc1. The van der Waals surface area contributed by atoms with E-state index in [0.717, 1.165) is 24.0 Å². The van der Waals surface area contributed by atoms with Crippen molar-refractivity contribution in [2.24, 2.45) is 0 Å². The number of urea groups is 1. The van der Waals surface area contributed by atoms with Gasteiger partial charge in [-0.3, -0.25) is 4.90 Å². The summed E-state index contributed by atoms with van der Waals surface area (Å²) in [6.45, 7) is 4.60. The first-order valence-electron chi connectivity index (χ1n) is 9.97. The molecule has 2 aromatic rings. The molecule has 3 N–H and O–H groups in total. The molecule has 0 aliphatic carbocycles. The highest BCUT2D eigenvalue weighted by molar-refractivity contribution is 6.04. The fourth-order valence-electron chi connectivity index (χ4n) is 3.51. The number of carbonyl (C=O) groups is 2. The molecule has 2 aromatic carbocycles. The number of amides is 2. The van der Waals surface area contributed by atoms with Crippen LogP contribution in [0, 0.1) is 0 Å². The predicted octanol–water partition coefficient (Wildman–Crippen LogP) is 4.11. The van der Waals surface area contributed by atoms with Gasteiger partial charge in [-0.1, -0.05) is 55.8 Å². The highest BCUT2D eigenvalue weighted by atomic mass is 16.5. The standard InChI is InChI=1S/C23H27N3O3/c1-3-5-14-26-21(16-10-7-6-8-11-16)19(22(27)29-4-2)20(25-23(26)28)17-12-9-13-18(24)15-17/h6-13,15,20H,3-5,14,24H2,1-2H3,(H,25,28)/t20-/m0/s1. The molecule has 3 rings (SSSR count). The molecule has 6 nitrogen and oxygen atoms in total. The molecule has 0 saturated heterocycles. The lowest BCUT2D eigenvalue weighted by Gasteiger charge is -2.37. The summed E-state index contributed by atoms with van der Waals surface area (Å²) in [6.07, 6.45) is 1.75. The normalized spacial score (nSPS) is 16.6. The van der Waals surface area contributed by atoms with E-state index in [0.29, 0.717) is 23.5 Å². The van der Waals surface area contributed by atoms with E-state index >= 15 is 0 Å². The average molecular weight is 393 g/mol. The Labute approximate surface area is 171 Å². The Balaban J connectivity index is 2.24. The lowest BCUT2D eigenvalue weighted by Crippen LogP contribution is -2.48. The van der Waals surface area contributed by atoms with Crippen LogP contribution in [0.3, 0.4) is 0 Å². The first-order chi connectivity index (χ1) is 14.1. The van der Waals surface area contributed by atoms with Crippen molar-refractivity contribution in [1.29, 1.82) is 0 Å². The van der Waals surface area contributed by atoms with Crippen molar-refractivity contribution in [3.63, 3.8) is 0 Å². The van der Waals surface area contributed by atoms with Gasteiger partial charge in [-0.05, 0) is 36.6 Å². The number of hydrogen-bond donors (Lipinski definition) is 2. The molecule has 1 heterocycles. The van der Waals surface area contributed by atoms with Gasteiger partial charge in [-0.25, -0.2) is 9.59 Å². The Morgan fingerprint density at radius 1 is 1.14 bits per heavy atom. The minimum atomic E-state index is -0.641. The van der Waals surface area contributed by atoms with E-state index < -0.39 is 12.0 Å². The molecule has 0 aromatic heterocycles. The van der Waals surface area contributed by atoms with Crippen LogP contribution in [-0.4, -0.2) is 30.1 Å². The van der Waals surface area contributed by atoms with Crippen molar-refractivity contribution in [1.82, 2.24) is 10.2 Å². The maximum absolute atomic E-state index is 13.1. The number of esters is 1. The van der Waals surface area contributed by atoms with Gasteiger partial charge in [-0.2, -0.15) is 0 Å². The Morgan fingerprint density at radius 3 is 2.55 bits per heavy atom. The lowest BCUT2D eigenvalue weighted by molar-refractivity contribution is -0.138. The molecule has 0 saturated carbocycles. The van der Waals surface area contributed by atoms with Gasteiger partial charge in [0.25, 0.3) is 0 Å². The molecule has 6 heteroatoms. The Kier molecular flexibility index (Phi) is 6.54. The average Bonchev–Trinajstić information content (AvgIpc) is 2.73. The van der Waals surface area contributed by atoms with Crippen LogP contribution in [0.2, 0.25) is 0 Å². The van der Waals surface area contributed by atoms with Crippen LogP contribution in [0.5, 0.6) is 0 Å². The fourth-order valence-corrected chi connectivity index (χ4v) is 3.51. The van der Waals surface area contributed by atoms with Gasteiger partial charge >= 0.3 is 12.0 Å². The third-order valence-electron chi connectivity index (χ3n) is 4.85. The van der Waals surface area contributed by atoms with Crippen molar-refractivity contribution >= 4 is 23.4 Å². The van der Waals surface area contributed by atoms with Gasteiger partial charge in [0.1, 0.15) is 0 Å². The second-order valence-corrected chi connectivity index (χ2v) is 6.91. The molecular formula is C23H27N3O3. The van der Waals surface area contributed by atoms with Crippen LogP contribution < -0.4 is 11.1 Å². The van der Waals surface area contributed by atoms with Crippen LogP contribution in [0.15, 0.2) is 60.2 Å². The lowest BCUT2D eigenvalue weighted by atomic mass is 9.91. The molecule has 0 spiro atoms. The number of unbranched alkanes of at least 4 members (excludes halogenated alkanes) is 1. The predicted molar refractivity (Wildman–Crippen MR) is 114 cm³/mol. The van der Waals surface area contributed by atoms with Crippen molar-refractivity contribution < 1.29 is 14.3 Å². The first kappa shape index (κ1) is 20.5. The van der Waals surface area contributed by atoms with Crippen LogP contribution in [-0.2, 0) is 9.53 Å². The van der Waals surface area contributed by atoms with Gasteiger partial charge in [0.2, 0.25) is 0 Å². The van der Waals surface area contributed by atoms with Crippen LogP contribution in [0.4, 0.5) is 10.5 Å². The van der Waals surface area contributed by atoms with Crippen molar-refractivity contribution in [3.8, 4) is 0 Å². The van der Waals surface area contributed by atoms with Gasteiger partial charge in [0.05, 0.1) is 23.9 Å². The Hall–Kier alpha value is -3.28. The maximum atomic E-state index is 13.1. The Morgan fingerprint density at radius 2 is 1.90 bits per heavy atom. The zero-order chi connectivity index (χ0) is 20.8. The second-order valence-electron chi connectivity index (χ2n) is 6.91. The first-order valence-corrected chi connectivity index (χ1v) is 9.97. The largest absolute Gasteiger partial charge is 0.463 e. The number of nitrogens with zero attached hydrogens (tertiary/aromatic N) is 1. The third kappa shape index (κ3) is 4.42. The second kappa shape index (κ2) is 9.28. The van der Waals surface area contributed by atoms with Crippen LogP contribution in [0.25, 0.3) is 5.70 Å². The van der Waals surface area contributed by atoms with E-state index in [-0.39, 0.29) is 12.6 Å². The monoisotopic (exact) mass is 393 g/mol. The summed E-state index contributed by atoms with van der Waals surface area (Å²) < 4.78 is 5.40. The Bertz CT molecular complexity index is 909. The van der Waals surface area contributed by atoms with Gasteiger partial charge in [0.15, 0.2) is 0 Å².